The molecule has 0 radical (unpaired) electrons. The zero-order valence-electron chi connectivity index (χ0n) is 12.6. The zero-order chi connectivity index (χ0) is 14.8. The largest absolute Gasteiger partial charge is 0.329 e. The number of H-pyrrole nitrogens is 1. The molecule has 0 spiro atoms. The molecule has 1 fully saturated rings. The van der Waals surface area contributed by atoms with E-state index in [-0.39, 0.29) is 5.56 Å². The van der Waals surface area contributed by atoms with Crippen molar-refractivity contribution in [3.8, 4) is 0 Å². The summed E-state index contributed by atoms with van der Waals surface area (Å²) in [5.74, 6) is 0.517. The lowest BCUT2D eigenvalue weighted by Crippen LogP contribution is -2.32. The van der Waals surface area contributed by atoms with E-state index in [1.165, 1.54) is 15.4 Å². The molecule has 4 nitrogen and oxygen atoms in total. The van der Waals surface area contributed by atoms with Gasteiger partial charge < -0.3 is 4.98 Å². The molecule has 21 heavy (non-hydrogen) atoms. The first-order valence-electron chi connectivity index (χ1n) is 7.46. The monoisotopic (exact) mass is 303 g/mol. The maximum Gasteiger partial charge on any atom is 0.248 e. The second-order valence-corrected chi connectivity index (χ2v) is 7.07. The summed E-state index contributed by atoms with van der Waals surface area (Å²) in [6.45, 7) is 7.33. The van der Waals surface area contributed by atoms with E-state index in [4.69, 9.17) is 0 Å². The molecule has 2 aromatic heterocycles. The molecule has 0 saturated carbocycles. The van der Waals surface area contributed by atoms with Gasteiger partial charge in [-0.1, -0.05) is 0 Å². The van der Waals surface area contributed by atoms with Gasteiger partial charge >= 0.3 is 0 Å². The Morgan fingerprint density at radius 2 is 2.14 bits per heavy atom. The van der Waals surface area contributed by atoms with Crippen LogP contribution in [0.5, 0.6) is 0 Å². The Bertz CT molecular complexity index is 649. The standard InChI is InChI=1S/C16H21N3OS/c1-11-12(2)21-16(18-11)10-19-7-4-13(5-8-19)14-3-6-17-15(20)9-14/h3,6,9,13H,4-5,7-8,10H2,1-2H3,(H,17,20). The van der Waals surface area contributed by atoms with Crippen molar-refractivity contribution in [1.29, 1.82) is 0 Å². The summed E-state index contributed by atoms with van der Waals surface area (Å²) in [6.07, 6.45) is 3.99. The van der Waals surface area contributed by atoms with Crippen LogP contribution in [0.2, 0.25) is 0 Å². The van der Waals surface area contributed by atoms with Crippen molar-refractivity contribution in [2.45, 2.75) is 39.2 Å². The van der Waals surface area contributed by atoms with Crippen LogP contribution in [0.25, 0.3) is 0 Å². The Kier molecular flexibility index (Phi) is 4.22. The fraction of sp³-hybridized carbons (Fsp3) is 0.500. The van der Waals surface area contributed by atoms with Gasteiger partial charge in [-0.05, 0) is 57.3 Å². The summed E-state index contributed by atoms with van der Waals surface area (Å²) in [5.41, 5.74) is 2.34. The molecule has 112 valence electrons. The fourth-order valence-electron chi connectivity index (χ4n) is 2.94. The Morgan fingerprint density at radius 3 is 2.76 bits per heavy atom. The Hall–Kier alpha value is -1.46. The minimum Gasteiger partial charge on any atom is -0.329 e. The first-order chi connectivity index (χ1) is 10.1. The number of nitrogens with one attached hydrogen (secondary N) is 1. The van der Waals surface area contributed by atoms with E-state index in [0.717, 1.165) is 38.2 Å². The number of piperidine rings is 1. The number of likely N-dealkylation sites (tertiary alicyclic amines) is 1. The Balaban J connectivity index is 1.59. The first kappa shape index (κ1) is 14.5. The van der Waals surface area contributed by atoms with Gasteiger partial charge in [-0.15, -0.1) is 11.3 Å². The predicted octanol–water partition coefficient (Wildman–Crippen LogP) is 2.83. The second kappa shape index (κ2) is 6.12. The molecule has 0 amide bonds. The number of pyridine rings is 1. The molecule has 2 aromatic rings. The number of aromatic amines is 1. The molecule has 1 aliphatic rings. The summed E-state index contributed by atoms with van der Waals surface area (Å²) < 4.78 is 0. The number of hydrogen-bond donors (Lipinski definition) is 1. The van der Waals surface area contributed by atoms with Gasteiger partial charge in [0.2, 0.25) is 5.56 Å². The minimum atomic E-state index is 0.00339. The van der Waals surface area contributed by atoms with Gasteiger partial charge in [0.25, 0.3) is 0 Å². The highest BCUT2D eigenvalue weighted by Gasteiger charge is 2.21. The van der Waals surface area contributed by atoms with Crippen LogP contribution in [0.3, 0.4) is 0 Å². The van der Waals surface area contributed by atoms with Gasteiger partial charge in [-0.3, -0.25) is 9.69 Å². The highest BCUT2D eigenvalue weighted by Crippen LogP contribution is 2.28. The van der Waals surface area contributed by atoms with Crippen molar-refractivity contribution < 1.29 is 0 Å². The van der Waals surface area contributed by atoms with E-state index in [0.29, 0.717) is 5.92 Å². The molecule has 0 aromatic carbocycles. The molecule has 3 rings (SSSR count). The van der Waals surface area contributed by atoms with Gasteiger partial charge in [0.05, 0.1) is 12.2 Å². The van der Waals surface area contributed by atoms with Crippen molar-refractivity contribution in [1.82, 2.24) is 14.9 Å². The van der Waals surface area contributed by atoms with Crippen molar-refractivity contribution in [2.24, 2.45) is 0 Å². The van der Waals surface area contributed by atoms with Crippen LogP contribution in [0.15, 0.2) is 23.1 Å². The maximum absolute atomic E-state index is 11.4. The third kappa shape index (κ3) is 3.41. The van der Waals surface area contributed by atoms with E-state index in [1.807, 2.05) is 17.4 Å². The summed E-state index contributed by atoms with van der Waals surface area (Å²) in [5, 5.41) is 1.22. The van der Waals surface area contributed by atoms with Crippen molar-refractivity contribution in [3.05, 3.63) is 49.8 Å². The topological polar surface area (TPSA) is 49.0 Å². The Morgan fingerprint density at radius 1 is 1.38 bits per heavy atom. The smallest absolute Gasteiger partial charge is 0.248 e. The SMILES string of the molecule is Cc1nc(CN2CCC(c3cc[nH]c(=O)c3)CC2)sc1C. The van der Waals surface area contributed by atoms with Crippen LogP contribution in [0.1, 0.15) is 39.9 Å². The van der Waals surface area contributed by atoms with Gasteiger partial charge in [0.15, 0.2) is 0 Å². The van der Waals surface area contributed by atoms with E-state index in [2.05, 4.69) is 28.7 Å². The van der Waals surface area contributed by atoms with Gasteiger partial charge in [0, 0.05) is 17.1 Å². The third-order valence-corrected chi connectivity index (χ3v) is 5.35. The van der Waals surface area contributed by atoms with Crippen LogP contribution >= 0.6 is 11.3 Å². The van der Waals surface area contributed by atoms with Crippen LogP contribution in [-0.4, -0.2) is 28.0 Å². The molecule has 0 atom stereocenters. The maximum atomic E-state index is 11.4. The summed E-state index contributed by atoms with van der Waals surface area (Å²) in [4.78, 5) is 22.5. The number of nitrogens with zero attached hydrogens (tertiary/aromatic N) is 2. The summed E-state index contributed by atoms with van der Waals surface area (Å²) in [7, 11) is 0. The van der Waals surface area contributed by atoms with Crippen molar-refractivity contribution in [3.63, 3.8) is 0 Å². The zero-order valence-corrected chi connectivity index (χ0v) is 13.4. The molecule has 1 aliphatic heterocycles. The molecule has 1 N–H and O–H groups in total. The summed E-state index contributed by atoms with van der Waals surface area (Å²) >= 11 is 1.81. The molecule has 5 heteroatoms. The number of aromatic nitrogens is 2. The number of thiazole rings is 1. The lowest BCUT2D eigenvalue weighted by molar-refractivity contribution is 0.204. The minimum absolute atomic E-state index is 0.00339. The average Bonchev–Trinajstić information content (AvgIpc) is 2.78. The average molecular weight is 303 g/mol. The molecule has 0 unspecified atom stereocenters. The highest BCUT2D eigenvalue weighted by molar-refractivity contribution is 7.11. The first-order valence-corrected chi connectivity index (χ1v) is 8.27. The van der Waals surface area contributed by atoms with Crippen molar-refractivity contribution in [2.75, 3.05) is 13.1 Å². The van der Waals surface area contributed by atoms with E-state index >= 15 is 0 Å². The molecule has 0 aliphatic carbocycles. The summed E-state index contributed by atoms with van der Waals surface area (Å²) in [6, 6.07) is 3.78. The number of hydrogen-bond acceptors (Lipinski definition) is 4. The van der Waals surface area contributed by atoms with Crippen LogP contribution < -0.4 is 5.56 Å². The normalized spacial score (nSPS) is 17.2. The predicted molar refractivity (Wildman–Crippen MR) is 85.9 cm³/mol. The molecule has 3 heterocycles. The van der Waals surface area contributed by atoms with Gasteiger partial charge in [-0.2, -0.15) is 0 Å². The highest BCUT2D eigenvalue weighted by atomic mass is 32.1. The van der Waals surface area contributed by atoms with Crippen LogP contribution in [0, 0.1) is 13.8 Å². The van der Waals surface area contributed by atoms with Gasteiger partial charge in [0.1, 0.15) is 5.01 Å². The van der Waals surface area contributed by atoms with Gasteiger partial charge in [-0.25, -0.2) is 4.98 Å². The number of rotatable bonds is 3. The Labute approximate surface area is 128 Å². The molecule has 0 bridgehead atoms. The quantitative estimate of drug-likeness (QED) is 0.948. The lowest BCUT2D eigenvalue weighted by atomic mass is 9.90. The van der Waals surface area contributed by atoms with Crippen molar-refractivity contribution >= 4 is 11.3 Å². The van der Waals surface area contributed by atoms with E-state index in [1.54, 1.807) is 12.3 Å². The fourth-order valence-corrected chi connectivity index (χ4v) is 3.91. The molecule has 1 saturated heterocycles. The molecular weight excluding hydrogens is 282 g/mol. The lowest BCUT2D eigenvalue weighted by Gasteiger charge is -2.31. The van der Waals surface area contributed by atoms with E-state index < -0.39 is 0 Å². The second-order valence-electron chi connectivity index (χ2n) is 5.79. The van der Waals surface area contributed by atoms with Crippen LogP contribution in [0.4, 0.5) is 0 Å². The third-order valence-electron chi connectivity index (χ3n) is 4.29. The molecular formula is C16H21N3OS. The van der Waals surface area contributed by atoms with Crippen LogP contribution in [-0.2, 0) is 6.54 Å². The van der Waals surface area contributed by atoms with E-state index in [9.17, 15) is 4.79 Å². The number of aryl methyl sites for hydroxylation is 2.